The summed E-state index contributed by atoms with van der Waals surface area (Å²) < 4.78 is 11.3. The second kappa shape index (κ2) is 10.7. The first kappa shape index (κ1) is 20.1. The molecule has 29 heavy (non-hydrogen) atoms. The number of benzene rings is 3. The maximum absolute atomic E-state index is 12.2. The molecule has 0 aliphatic carbocycles. The summed E-state index contributed by atoms with van der Waals surface area (Å²) in [5.41, 5.74) is 5.01. The van der Waals surface area contributed by atoms with Crippen molar-refractivity contribution in [2.24, 2.45) is 5.10 Å². The molecule has 0 bridgehead atoms. The van der Waals surface area contributed by atoms with Crippen molar-refractivity contribution in [3.05, 3.63) is 95.6 Å². The van der Waals surface area contributed by atoms with Gasteiger partial charge in [-0.2, -0.15) is 5.10 Å². The van der Waals surface area contributed by atoms with Crippen LogP contribution in [-0.4, -0.2) is 18.7 Å². The zero-order valence-electron chi connectivity index (χ0n) is 16.4. The average molecular weight is 388 g/mol. The number of carbonyl (C=O) groups excluding carboxylic acids is 1. The highest BCUT2D eigenvalue weighted by atomic mass is 16.5. The van der Waals surface area contributed by atoms with E-state index in [1.807, 2.05) is 54.6 Å². The molecule has 3 aromatic carbocycles. The highest BCUT2D eigenvalue weighted by Gasteiger charge is 2.04. The van der Waals surface area contributed by atoms with Crippen LogP contribution in [0.25, 0.3) is 0 Å². The van der Waals surface area contributed by atoms with Gasteiger partial charge in [-0.25, -0.2) is 5.43 Å². The van der Waals surface area contributed by atoms with E-state index in [-0.39, 0.29) is 5.91 Å². The number of carbonyl (C=O) groups is 1. The number of ether oxygens (including phenoxy) is 2. The lowest BCUT2D eigenvalue weighted by molar-refractivity contribution is 0.0955. The Bertz CT molecular complexity index is 921. The lowest BCUT2D eigenvalue weighted by Gasteiger charge is -2.07. The fraction of sp³-hybridized carbons (Fsp3) is 0.167. The van der Waals surface area contributed by atoms with Gasteiger partial charge in [-0.15, -0.1) is 0 Å². The van der Waals surface area contributed by atoms with Gasteiger partial charge in [0.1, 0.15) is 18.1 Å². The van der Waals surface area contributed by atoms with Gasteiger partial charge in [0.2, 0.25) is 0 Å². The summed E-state index contributed by atoms with van der Waals surface area (Å²) in [5, 5.41) is 4.01. The molecule has 0 saturated heterocycles. The molecule has 148 valence electrons. The third-order valence-corrected chi connectivity index (χ3v) is 4.10. The highest BCUT2D eigenvalue weighted by molar-refractivity contribution is 5.95. The normalized spacial score (nSPS) is 10.7. The molecule has 0 atom stereocenters. The Morgan fingerprint density at radius 3 is 2.24 bits per heavy atom. The summed E-state index contributed by atoms with van der Waals surface area (Å²) in [6.45, 7) is 3.24. The van der Waals surface area contributed by atoms with Crippen molar-refractivity contribution in [2.45, 2.75) is 20.0 Å². The average Bonchev–Trinajstić information content (AvgIpc) is 2.78. The van der Waals surface area contributed by atoms with Crippen LogP contribution in [0.3, 0.4) is 0 Å². The fourth-order valence-corrected chi connectivity index (χ4v) is 2.54. The molecular formula is C24H24N2O3. The Morgan fingerprint density at radius 1 is 0.897 bits per heavy atom. The maximum Gasteiger partial charge on any atom is 0.271 e. The van der Waals surface area contributed by atoms with E-state index in [1.54, 1.807) is 30.5 Å². The van der Waals surface area contributed by atoms with Crippen LogP contribution in [0.2, 0.25) is 0 Å². The van der Waals surface area contributed by atoms with E-state index in [2.05, 4.69) is 17.5 Å². The fourth-order valence-electron chi connectivity index (χ4n) is 2.54. The Balaban J connectivity index is 1.48. The van der Waals surface area contributed by atoms with Crippen molar-refractivity contribution in [2.75, 3.05) is 6.61 Å². The predicted molar refractivity (Wildman–Crippen MR) is 115 cm³/mol. The largest absolute Gasteiger partial charge is 0.494 e. The first-order valence-corrected chi connectivity index (χ1v) is 9.57. The van der Waals surface area contributed by atoms with Gasteiger partial charge in [-0.3, -0.25) is 4.79 Å². The van der Waals surface area contributed by atoms with E-state index in [9.17, 15) is 4.79 Å². The monoisotopic (exact) mass is 388 g/mol. The van der Waals surface area contributed by atoms with Crippen LogP contribution in [0.4, 0.5) is 0 Å². The smallest absolute Gasteiger partial charge is 0.271 e. The quantitative estimate of drug-likeness (QED) is 0.422. The Morgan fingerprint density at radius 2 is 1.55 bits per heavy atom. The number of hydrogen-bond donors (Lipinski definition) is 1. The molecule has 0 aromatic heterocycles. The third kappa shape index (κ3) is 6.50. The van der Waals surface area contributed by atoms with Gasteiger partial charge in [-0.1, -0.05) is 37.3 Å². The Hall–Kier alpha value is -3.60. The Labute approximate surface area is 171 Å². The summed E-state index contributed by atoms with van der Waals surface area (Å²) in [6.07, 6.45) is 2.56. The van der Waals surface area contributed by atoms with Crippen molar-refractivity contribution >= 4 is 12.1 Å². The molecule has 5 nitrogen and oxygen atoms in total. The van der Waals surface area contributed by atoms with E-state index >= 15 is 0 Å². The molecule has 3 rings (SSSR count). The summed E-state index contributed by atoms with van der Waals surface area (Å²) in [4.78, 5) is 12.2. The molecule has 0 spiro atoms. The van der Waals surface area contributed by atoms with Crippen molar-refractivity contribution in [3.8, 4) is 11.5 Å². The number of rotatable bonds is 9. The van der Waals surface area contributed by atoms with Crippen molar-refractivity contribution in [3.63, 3.8) is 0 Å². The van der Waals surface area contributed by atoms with Gasteiger partial charge in [-0.05, 0) is 66.1 Å². The van der Waals surface area contributed by atoms with Crippen LogP contribution in [0.15, 0.2) is 84.0 Å². The summed E-state index contributed by atoms with van der Waals surface area (Å²) in [5.74, 6) is 1.25. The molecule has 1 amide bonds. The summed E-state index contributed by atoms with van der Waals surface area (Å²) in [6, 6.07) is 24.4. The molecule has 0 fully saturated rings. The summed E-state index contributed by atoms with van der Waals surface area (Å²) >= 11 is 0. The van der Waals surface area contributed by atoms with Crippen LogP contribution in [0.5, 0.6) is 11.5 Å². The molecule has 0 saturated carbocycles. The highest BCUT2D eigenvalue weighted by Crippen LogP contribution is 2.14. The predicted octanol–water partition coefficient (Wildman–Crippen LogP) is 4.82. The molecule has 0 unspecified atom stereocenters. The molecule has 0 heterocycles. The molecule has 0 aliphatic rings. The van der Waals surface area contributed by atoms with Crippen molar-refractivity contribution in [1.29, 1.82) is 0 Å². The first-order valence-electron chi connectivity index (χ1n) is 9.57. The summed E-state index contributed by atoms with van der Waals surface area (Å²) in [7, 11) is 0. The molecule has 1 N–H and O–H groups in total. The van der Waals surface area contributed by atoms with Gasteiger partial charge in [0.15, 0.2) is 0 Å². The Kier molecular flexibility index (Phi) is 7.41. The maximum atomic E-state index is 12.2. The number of amides is 1. The topological polar surface area (TPSA) is 59.9 Å². The van der Waals surface area contributed by atoms with Crippen molar-refractivity contribution in [1.82, 2.24) is 5.43 Å². The van der Waals surface area contributed by atoms with Crippen LogP contribution in [0.1, 0.15) is 34.8 Å². The van der Waals surface area contributed by atoms with E-state index < -0.39 is 0 Å². The van der Waals surface area contributed by atoms with Gasteiger partial charge in [0, 0.05) is 5.56 Å². The van der Waals surface area contributed by atoms with Gasteiger partial charge in [0.25, 0.3) is 5.91 Å². The van der Waals surface area contributed by atoms with Gasteiger partial charge < -0.3 is 9.47 Å². The number of hydrogen-bond acceptors (Lipinski definition) is 4. The molecule has 0 aliphatic heterocycles. The molecule has 5 heteroatoms. The van der Waals surface area contributed by atoms with Gasteiger partial charge in [0.05, 0.1) is 12.8 Å². The molecule has 0 radical (unpaired) electrons. The second-order valence-electron chi connectivity index (χ2n) is 6.42. The van der Waals surface area contributed by atoms with E-state index in [0.29, 0.717) is 24.5 Å². The van der Waals surface area contributed by atoms with Gasteiger partial charge >= 0.3 is 0 Å². The van der Waals surface area contributed by atoms with Crippen LogP contribution < -0.4 is 14.9 Å². The lowest BCUT2D eigenvalue weighted by atomic mass is 10.2. The second-order valence-corrected chi connectivity index (χ2v) is 6.42. The van der Waals surface area contributed by atoms with E-state index in [4.69, 9.17) is 9.47 Å². The van der Waals surface area contributed by atoms with E-state index in [0.717, 1.165) is 23.3 Å². The first-order chi connectivity index (χ1) is 14.2. The van der Waals surface area contributed by atoms with Crippen LogP contribution >= 0.6 is 0 Å². The SMILES string of the molecule is CCCOc1ccc(/C=N\NC(=O)c2ccc(OCc3ccccc3)cc2)cc1. The minimum atomic E-state index is -0.279. The van der Waals surface area contributed by atoms with Crippen molar-refractivity contribution < 1.29 is 14.3 Å². The lowest BCUT2D eigenvalue weighted by Crippen LogP contribution is -2.17. The molecular weight excluding hydrogens is 364 g/mol. The third-order valence-electron chi connectivity index (χ3n) is 4.10. The van der Waals surface area contributed by atoms with Crippen LogP contribution in [0, 0.1) is 0 Å². The van der Waals surface area contributed by atoms with Crippen LogP contribution in [-0.2, 0) is 6.61 Å². The number of hydrazone groups is 1. The number of nitrogens with one attached hydrogen (secondary N) is 1. The van der Waals surface area contributed by atoms with E-state index in [1.165, 1.54) is 0 Å². The minimum absolute atomic E-state index is 0.279. The number of nitrogens with zero attached hydrogens (tertiary/aromatic N) is 1. The zero-order chi connectivity index (χ0) is 20.3. The molecule has 3 aromatic rings. The standard InChI is InChI=1S/C24H24N2O3/c1-2-16-28-22-12-8-19(9-13-22)17-25-26-24(27)21-10-14-23(15-11-21)29-18-20-6-4-3-5-7-20/h3-15,17H,2,16,18H2,1H3,(H,26,27)/b25-17-. The zero-order valence-corrected chi connectivity index (χ0v) is 16.4. The minimum Gasteiger partial charge on any atom is -0.494 e.